The maximum absolute atomic E-state index is 11.1. The number of hydrogen-bond acceptors (Lipinski definition) is 3. The van der Waals surface area contributed by atoms with Gasteiger partial charge in [0.15, 0.2) is 0 Å². The molecular formula is C13H10N4O. The van der Waals surface area contributed by atoms with Gasteiger partial charge in [-0.15, -0.1) is 0 Å². The average Bonchev–Trinajstić information content (AvgIpc) is 2.86. The first-order valence-corrected chi connectivity index (χ1v) is 5.44. The summed E-state index contributed by atoms with van der Waals surface area (Å²) in [5, 5.41) is 0.999. The van der Waals surface area contributed by atoms with Crippen LogP contribution in [-0.2, 0) is 0 Å². The fourth-order valence-corrected chi connectivity index (χ4v) is 1.81. The van der Waals surface area contributed by atoms with E-state index in [0.29, 0.717) is 5.69 Å². The van der Waals surface area contributed by atoms with Crippen LogP contribution in [0.4, 0.5) is 0 Å². The highest BCUT2D eigenvalue weighted by atomic mass is 16.1. The molecule has 0 saturated carbocycles. The van der Waals surface area contributed by atoms with Crippen molar-refractivity contribution in [1.82, 2.24) is 15.0 Å². The molecule has 88 valence electrons. The maximum Gasteiger partial charge on any atom is 0.267 e. The number of primary amides is 1. The number of rotatable bonds is 2. The molecule has 0 aliphatic heterocycles. The van der Waals surface area contributed by atoms with Gasteiger partial charge in [0.05, 0.1) is 5.69 Å². The molecule has 0 aliphatic rings. The Morgan fingerprint density at radius 3 is 3.00 bits per heavy atom. The van der Waals surface area contributed by atoms with Crippen molar-refractivity contribution in [3.05, 3.63) is 48.4 Å². The van der Waals surface area contributed by atoms with Crippen LogP contribution in [0.15, 0.2) is 42.7 Å². The number of carbonyl (C=O) groups excluding carboxylic acids is 1. The Morgan fingerprint density at radius 2 is 2.17 bits per heavy atom. The highest BCUT2D eigenvalue weighted by Gasteiger charge is 2.06. The summed E-state index contributed by atoms with van der Waals surface area (Å²) in [5.41, 5.74) is 7.82. The molecule has 0 spiro atoms. The van der Waals surface area contributed by atoms with Crippen LogP contribution in [0, 0.1) is 0 Å². The quantitative estimate of drug-likeness (QED) is 0.712. The summed E-state index contributed by atoms with van der Waals surface area (Å²) in [6.45, 7) is 0. The predicted molar refractivity (Wildman–Crippen MR) is 67.8 cm³/mol. The second kappa shape index (κ2) is 3.96. The number of H-pyrrole nitrogens is 1. The van der Waals surface area contributed by atoms with E-state index < -0.39 is 5.91 Å². The van der Waals surface area contributed by atoms with Crippen LogP contribution in [-0.4, -0.2) is 20.9 Å². The molecule has 3 aromatic rings. The Morgan fingerprint density at radius 1 is 1.28 bits per heavy atom. The van der Waals surface area contributed by atoms with Gasteiger partial charge < -0.3 is 10.7 Å². The van der Waals surface area contributed by atoms with Crippen LogP contribution in [0.5, 0.6) is 0 Å². The van der Waals surface area contributed by atoms with Gasteiger partial charge in [-0.3, -0.25) is 4.79 Å². The Bertz CT molecular complexity index is 732. The van der Waals surface area contributed by atoms with Crippen LogP contribution in [0.2, 0.25) is 0 Å². The van der Waals surface area contributed by atoms with E-state index in [9.17, 15) is 4.79 Å². The molecule has 3 heterocycles. The van der Waals surface area contributed by atoms with E-state index >= 15 is 0 Å². The van der Waals surface area contributed by atoms with Crippen LogP contribution in [0.1, 0.15) is 10.5 Å². The Kier molecular flexibility index (Phi) is 2.30. The van der Waals surface area contributed by atoms with E-state index in [-0.39, 0.29) is 5.69 Å². The molecule has 0 aromatic carbocycles. The van der Waals surface area contributed by atoms with Gasteiger partial charge in [0.25, 0.3) is 5.91 Å². The second-order valence-electron chi connectivity index (χ2n) is 3.91. The molecule has 3 N–H and O–H groups in total. The van der Waals surface area contributed by atoms with E-state index in [0.717, 1.165) is 16.6 Å². The number of aromatic amines is 1. The highest BCUT2D eigenvalue weighted by molar-refractivity contribution is 5.91. The molecule has 0 saturated heterocycles. The zero-order chi connectivity index (χ0) is 12.5. The molecule has 0 fully saturated rings. The Balaban J connectivity index is 2.13. The summed E-state index contributed by atoms with van der Waals surface area (Å²) in [7, 11) is 0. The number of hydrogen-bond donors (Lipinski definition) is 2. The maximum atomic E-state index is 11.1. The number of pyridine rings is 2. The number of aromatic nitrogens is 3. The van der Waals surface area contributed by atoms with E-state index in [1.54, 1.807) is 18.3 Å². The van der Waals surface area contributed by atoms with Crippen molar-refractivity contribution in [3.8, 4) is 11.3 Å². The lowest BCUT2D eigenvalue weighted by atomic mass is 10.1. The van der Waals surface area contributed by atoms with Crippen LogP contribution >= 0.6 is 0 Å². The van der Waals surface area contributed by atoms with Gasteiger partial charge in [-0.2, -0.15) is 0 Å². The fourth-order valence-electron chi connectivity index (χ4n) is 1.81. The summed E-state index contributed by atoms with van der Waals surface area (Å²) in [6.07, 6.45) is 3.54. The van der Waals surface area contributed by atoms with Crippen molar-refractivity contribution in [2.75, 3.05) is 0 Å². The lowest BCUT2D eigenvalue weighted by Gasteiger charge is -2.02. The predicted octanol–water partition coefficient (Wildman–Crippen LogP) is 1.72. The lowest BCUT2D eigenvalue weighted by Crippen LogP contribution is -2.13. The normalized spacial score (nSPS) is 10.7. The van der Waals surface area contributed by atoms with Crippen molar-refractivity contribution in [2.24, 2.45) is 5.73 Å². The number of amides is 1. The molecule has 0 bridgehead atoms. The van der Waals surface area contributed by atoms with Gasteiger partial charge in [-0.05, 0) is 24.3 Å². The summed E-state index contributed by atoms with van der Waals surface area (Å²) in [6, 6.07) is 9.06. The average molecular weight is 238 g/mol. The molecule has 1 amide bonds. The molecule has 5 nitrogen and oxygen atoms in total. The summed E-state index contributed by atoms with van der Waals surface area (Å²) >= 11 is 0. The lowest BCUT2D eigenvalue weighted by molar-refractivity contribution is 0.0995. The highest BCUT2D eigenvalue weighted by Crippen LogP contribution is 2.20. The molecule has 3 aromatic heterocycles. The molecule has 18 heavy (non-hydrogen) atoms. The van der Waals surface area contributed by atoms with Gasteiger partial charge in [0.2, 0.25) is 0 Å². The summed E-state index contributed by atoms with van der Waals surface area (Å²) in [4.78, 5) is 22.6. The van der Waals surface area contributed by atoms with Crippen molar-refractivity contribution in [1.29, 1.82) is 0 Å². The minimum Gasteiger partial charge on any atom is -0.364 e. The molecule has 0 aliphatic carbocycles. The molecule has 5 heteroatoms. The van der Waals surface area contributed by atoms with Crippen LogP contribution < -0.4 is 5.73 Å². The smallest absolute Gasteiger partial charge is 0.267 e. The molecule has 0 unspecified atom stereocenters. The van der Waals surface area contributed by atoms with E-state index in [1.165, 1.54) is 0 Å². The zero-order valence-electron chi connectivity index (χ0n) is 9.42. The minimum absolute atomic E-state index is 0.252. The van der Waals surface area contributed by atoms with Crippen molar-refractivity contribution in [3.63, 3.8) is 0 Å². The molecular weight excluding hydrogens is 228 g/mol. The summed E-state index contributed by atoms with van der Waals surface area (Å²) in [5.74, 6) is -0.535. The van der Waals surface area contributed by atoms with Gasteiger partial charge in [-0.25, -0.2) is 9.97 Å². The van der Waals surface area contributed by atoms with Crippen LogP contribution in [0.25, 0.3) is 22.3 Å². The minimum atomic E-state index is -0.535. The monoisotopic (exact) mass is 238 g/mol. The third-order valence-electron chi connectivity index (χ3n) is 2.70. The van der Waals surface area contributed by atoms with Gasteiger partial charge >= 0.3 is 0 Å². The Hall–Kier alpha value is -2.69. The molecule has 0 radical (unpaired) electrons. The summed E-state index contributed by atoms with van der Waals surface area (Å²) < 4.78 is 0. The van der Waals surface area contributed by atoms with E-state index in [2.05, 4.69) is 15.0 Å². The molecule has 0 atom stereocenters. The van der Waals surface area contributed by atoms with E-state index in [1.807, 2.05) is 24.4 Å². The first-order valence-electron chi connectivity index (χ1n) is 5.44. The van der Waals surface area contributed by atoms with Crippen molar-refractivity contribution in [2.45, 2.75) is 0 Å². The number of carbonyl (C=O) groups is 1. The number of fused-ring (bicyclic) bond motifs is 1. The zero-order valence-corrected chi connectivity index (χ0v) is 9.42. The van der Waals surface area contributed by atoms with E-state index in [4.69, 9.17) is 5.73 Å². The van der Waals surface area contributed by atoms with Crippen molar-refractivity contribution >= 4 is 16.9 Å². The third kappa shape index (κ3) is 1.71. The second-order valence-corrected chi connectivity index (χ2v) is 3.91. The number of nitrogens with zero attached hydrogens (tertiary/aromatic N) is 2. The van der Waals surface area contributed by atoms with Gasteiger partial charge in [0.1, 0.15) is 11.3 Å². The Labute approximate surface area is 103 Å². The van der Waals surface area contributed by atoms with Gasteiger partial charge in [0, 0.05) is 23.3 Å². The first kappa shape index (κ1) is 10.5. The SMILES string of the molecule is NC(=O)c1cccc(-c2cnc3[nH]ccc3c2)n1. The standard InChI is InChI=1S/C13H10N4O/c14-12(18)11-3-1-2-10(17-11)9-6-8-4-5-15-13(8)16-7-9/h1-7H,(H2,14,18)(H,15,16). The van der Waals surface area contributed by atoms with Crippen molar-refractivity contribution < 1.29 is 4.79 Å². The first-order chi connectivity index (χ1) is 8.74. The number of nitrogens with one attached hydrogen (secondary N) is 1. The topological polar surface area (TPSA) is 84.7 Å². The number of nitrogens with two attached hydrogens (primary N) is 1. The fraction of sp³-hybridized carbons (Fsp3) is 0. The molecule has 3 rings (SSSR count). The van der Waals surface area contributed by atoms with Gasteiger partial charge in [-0.1, -0.05) is 6.07 Å². The third-order valence-corrected chi connectivity index (χ3v) is 2.70. The largest absolute Gasteiger partial charge is 0.364 e. The van der Waals surface area contributed by atoms with Crippen LogP contribution in [0.3, 0.4) is 0 Å².